The molecule has 0 saturated carbocycles. The topological polar surface area (TPSA) is 93.4 Å². The van der Waals surface area contributed by atoms with Gasteiger partial charge in [-0.05, 0) is 13.8 Å². The molecule has 0 aromatic carbocycles. The van der Waals surface area contributed by atoms with Crippen LogP contribution in [0.1, 0.15) is 13.8 Å². The van der Waals surface area contributed by atoms with Crippen LogP contribution in [-0.4, -0.2) is 31.1 Å². The molecule has 6 nitrogen and oxygen atoms in total. The first-order valence-corrected chi connectivity index (χ1v) is 4.01. The molecule has 6 heteroatoms. The highest BCUT2D eigenvalue weighted by atomic mass is 16.5. The Labute approximate surface area is 76.8 Å². The Balaban J connectivity index is 3.71. The van der Waals surface area contributed by atoms with Crippen LogP contribution < -0.4 is 16.6 Å². The normalized spacial score (nSPS) is 11.9. The number of nitrogens with two attached hydrogens (primary N) is 1. The van der Waals surface area contributed by atoms with E-state index in [9.17, 15) is 9.59 Å². The van der Waals surface area contributed by atoms with Crippen molar-refractivity contribution < 1.29 is 14.3 Å². The van der Waals surface area contributed by atoms with E-state index in [0.29, 0.717) is 13.2 Å². The standard InChI is InChI=1S/C7H15N3O3/c1-3-13-4-5(2)9-6(11)7(12)10-8/h5H,3-4,8H2,1-2H3,(H,9,11)(H,10,12). The van der Waals surface area contributed by atoms with Gasteiger partial charge in [-0.15, -0.1) is 0 Å². The molecule has 1 atom stereocenters. The fraction of sp³-hybridized carbons (Fsp3) is 0.714. The van der Waals surface area contributed by atoms with Gasteiger partial charge < -0.3 is 10.1 Å². The maximum atomic E-state index is 10.9. The predicted molar refractivity (Wildman–Crippen MR) is 46.4 cm³/mol. The Morgan fingerprint density at radius 1 is 1.46 bits per heavy atom. The summed E-state index contributed by atoms with van der Waals surface area (Å²) in [6.45, 7) is 4.53. The number of rotatable bonds is 4. The smallest absolute Gasteiger partial charge is 0.323 e. The molecule has 13 heavy (non-hydrogen) atoms. The van der Waals surface area contributed by atoms with Gasteiger partial charge in [-0.3, -0.25) is 15.0 Å². The zero-order valence-corrected chi connectivity index (χ0v) is 7.79. The third kappa shape index (κ3) is 5.15. The average molecular weight is 189 g/mol. The summed E-state index contributed by atoms with van der Waals surface area (Å²) in [7, 11) is 0. The number of ether oxygens (including phenoxy) is 1. The highest BCUT2D eigenvalue weighted by Gasteiger charge is 2.13. The molecule has 0 fully saturated rings. The highest BCUT2D eigenvalue weighted by molar-refractivity contribution is 6.34. The quantitative estimate of drug-likeness (QED) is 0.217. The van der Waals surface area contributed by atoms with Crippen molar-refractivity contribution in [2.75, 3.05) is 13.2 Å². The minimum Gasteiger partial charge on any atom is -0.380 e. The van der Waals surface area contributed by atoms with E-state index in [1.165, 1.54) is 0 Å². The van der Waals surface area contributed by atoms with Gasteiger partial charge in [0.1, 0.15) is 0 Å². The molecule has 0 aromatic rings. The van der Waals surface area contributed by atoms with E-state index < -0.39 is 11.8 Å². The molecule has 4 N–H and O–H groups in total. The zero-order valence-electron chi connectivity index (χ0n) is 7.79. The minimum atomic E-state index is -0.858. The number of hydrogen-bond donors (Lipinski definition) is 3. The minimum absolute atomic E-state index is 0.204. The Hall–Kier alpha value is -1.14. The largest absolute Gasteiger partial charge is 0.380 e. The summed E-state index contributed by atoms with van der Waals surface area (Å²) < 4.78 is 5.03. The summed E-state index contributed by atoms with van der Waals surface area (Å²) in [6, 6.07) is -0.204. The van der Waals surface area contributed by atoms with E-state index in [1.54, 1.807) is 12.3 Å². The van der Waals surface area contributed by atoms with Gasteiger partial charge in [0.2, 0.25) is 0 Å². The molecule has 0 bridgehead atoms. The fourth-order valence-electron chi connectivity index (χ4n) is 0.691. The van der Waals surface area contributed by atoms with Gasteiger partial charge in [-0.25, -0.2) is 5.84 Å². The summed E-state index contributed by atoms with van der Waals surface area (Å²) in [6.07, 6.45) is 0. The third-order valence-electron chi connectivity index (χ3n) is 1.29. The Morgan fingerprint density at radius 2 is 2.08 bits per heavy atom. The molecular weight excluding hydrogens is 174 g/mol. The van der Waals surface area contributed by atoms with Crippen LogP contribution >= 0.6 is 0 Å². The summed E-state index contributed by atoms with van der Waals surface area (Å²) in [5.41, 5.74) is 1.73. The maximum absolute atomic E-state index is 10.9. The van der Waals surface area contributed by atoms with Crippen LogP contribution in [-0.2, 0) is 14.3 Å². The fourth-order valence-corrected chi connectivity index (χ4v) is 0.691. The van der Waals surface area contributed by atoms with Crippen LogP contribution in [0.3, 0.4) is 0 Å². The van der Waals surface area contributed by atoms with Gasteiger partial charge >= 0.3 is 11.8 Å². The van der Waals surface area contributed by atoms with Crippen molar-refractivity contribution in [3.63, 3.8) is 0 Å². The number of carbonyl (C=O) groups excluding carboxylic acids is 2. The maximum Gasteiger partial charge on any atom is 0.323 e. The van der Waals surface area contributed by atoms with Crippen LogP contribution in [0.4, 0.5) is 0 Å². The van der Waals surface area contributed by atoms with Crippen molar-refractivity contribution in [3.8, 4) is 0 Å². The Morgan fingerprint density at radius 3 is 2.54 bits per heavy atom. The van der Waals surface area contributed by atoms with Crippen LogP contribution in [0.2, 0.25) is 0 Å². The molecule has 0 aliphatic carbocycles. The molecule has 0 aromatic heterocycles. The van der Waals surface area contributed by atoms with Crippen molar-refractivity contribution in [2.24, 2.45) is 5.84 Å². The monoisotopic (exact) mass is 189 g/mol. The van der Waals surface area contributed by atoms with Gasteiger partial charge in [0.15, 0.2) is 0 Å². The molecule has 0 heterocycles. The third-order valence-corrected chi connectivity index (χ3v) is 1.29. The van der Waals surface area contributed by atoms with Crippen molar-refractivity contribution in [2.45, 2.75) is 19.9 Å². The number of hydrogen-bond acceptors (Lipinski definition) is 4. The van der Waals surface area contributed by atoms with Gasteiger partial charge in [-0.1, -0.05) is 0 Å². The van der Waals surface area contributed by atoms with Gasteiger partial charge in [0.25, 0.3) is 0 Å². The molecule has 0 aliphatic heterocycles. The summed E-state index contributed by atoms with van der Waals surface area (Å²) in [5.74, 6) is 3.14. The number of hydrazine groups is 1. The van der Waals surface area contributed by atoms with E-state index in [2.05, 4.69) is 5.32 Å². The van der Waals surface area contributed by atoms with Crippen molar-refractivity contribution in [3.05, 3.63) is 0 Å². The number of carbonyl (C=O) groups is 2. The van der Waals surface area contributed by atoms with Crippen molar-refractivity contribution in [1.29, 1.82) is 0 Å². The van der Waals surface area contributed by atoms with Crippen LogP contribution in [0.5, 0.6) is 0 Å². The van der Waals surface area contributed by atoms with Crippen LogP contribution in [0.25, 0.3) is 0 Å². The summed E-state index contributed by atoms with van der Waals surface area (Å²) in [4.78, 5) is 21.5. The van der Waals surface area contributed by atoms with E-state index in [1.807, 2.05) is 6.92 Å². The predicted octanol–water partition coefficient (Wildman–Crippen LogP) is -1.48. The lowest BCUT2D eigenvalue weighted by Crippen LogP contribution is -2.47. The lowest BCUT2D eigenvalue weighted by molar-refractivity contribution is -0.139. The molecule has 0 spiro atoms. The second-order valence-corrected chi connectivity index (χ2v) is 2.51. The first-order chi connectivity index (χ1) is 6.11. The molecule has 0 saturated heterocycles. The van der Waals surface area contributed by atoms with Crippen molar-refractivity contribution >= 4 is 11.8 Å². The van der Waals surface area contributed by atoms with Gasteiger partial charge in [0, 0.05) is 12.6 Å². The lowest BCUT2D eigenvalue weighted by Gasteiger charge is -2.12. The molecule has 2 amide bonds. The second kappa shape index (κ2) is 6.38. The van der Waals surface area contributed by atoms with Gasteiger partial charge in [-0.2, -0.15) is 0 Å². The Kier molecular flexibility index (Phi) is 5.82. The van der Waals surface area contributed by atoms with E-state index in [4.69, 9.17) is 10.6 Å². The summed E-state index contributed by atoms with van der Waals surface area (Å²) >= 11 is 0. The lowest BCUT2D eigenvalue weighted by atomic mass is 10.3. The summed E-state index contributed by atoms with van der Waals surface area (Å²) in [5, 5.41) is 2.41. The molecular formula is C7H15N3O3. The van der Waals surface area contributed by atoms with E-state index in [-0.39, 0.29) is 6.04 Å². The van der Waals surface area contributed by atoms with Crippen LogP contribution in [0.15, 0.2) is 0 Å². The second-order valence-electron chi connectivity index (χ2n) is 2.51. The highest BCUT2D eigenvalue weighted by Crippen LogP contribution is 1.83. The average Bonchev–Trinajstić information content (AvgIpc) is 2.13. The molecule has 76 valence electrons. The molecule has 0 aliphatic rings. The van der Waals surface area contributed by atoms with Gasteiger partial charge in [0.05, 0.1) is 6.61 Å². The van der Waals surface area contributed by atoms with E-state index >= 15 is 0 Å². The van der Waals surface area contributed by atoms with E-state index in [0.717, 1.165) is 0 Å². The molecule has 0 radical (unpaired) electrons. The SMILES string of the molecule is CCOCC(C)NC(=O)C(=O)NN. The first-order valence-electron chi connectivity index (χ1n) is 4.01. The number of nitrogens with one attached hydrogen (secondary N) is 2. The number of amides is 2. The van der Waals surface area contributed by atoms with Crippen molar-refractivity contribution in [1.82, 2.24) is 10.7 Å². The molecule has 0 rings (SSSR count). The molecule has 1 unspecified atom stereocenters. The Bertz CT molecular complexity index is 184. The van der Waals surface area contributed by atoms with Crippen LogP contribution in [0, 0.1) is 0 Å². The zero-order chi connectivity index (χ0) is 10.3. The first kappa shape index (κ1) is 11.9.